The number of halogens is 2. The minimum absolute atomic E-state index is 0.0491. The second-order valence-corrected chi connectivity index (χ2v) is 3.47. The number of benzene rings is 1. The van der Waals surface area contributed by atoms with E-state index >= 15 is 0 Å². The van der Waals surface area contributed by atoms with E-state index in [1.165, 1.54) is 0 Å². The fraction of sp³-hybridized carbons (Fsp3) is 0.400. The van der Waals surface area contributed by atoms with Gasteiger partial charge in [0.05, 0.1) is 6.10 Å². The number of nitrogens with one attached hydrogen (secondary N) is 1. The van der Waals surface area contributed by atoms with Crippen molar-refractivity contribution in [1.82, 2.24) is 5.32 Å². The van der Waals surface area contributed by atoms with Crippen LogP contribution in [0.4, 0.5) is 14.5 Å². The second-order valence-electron chi connectivity index (χ2n) is 3.47. The Morgan fingerprint density at radius 2 is 1.81 bits per heavy atom. The molecule has 1 rings (SSSR count). The maximum atomic E-state index is 13.1. The van der Waals surface area contributed by atoms with Gasteiger partial charge in [-0.15, -0.1) is 0 Å². The van der Waals surface area contributed by atoms with Gasteiger partial charge < -0.3 is 21.3 Å². The Hall–Kier alpha value is -1.24. The second kappa shape index (κ2) is 5.20. The lowest BCUT2D eigenvalue weighted by Crippen LogP contribution is -2.29. The van der Waals surface area contributed by atoms with E-state index in [1.54, 1.807) is 7.05 Å². The average molecular weight is 232 g/mol. The highest BCUT2D eigenvalue weighted by Gasteiger charge is 2.20. The van der Waals surface area contributed by atoms with Gasteiger partial charge in [0.25, 0.3) is 0 Å². The Balaban J connectivity index is 2.96. The molecule has 2 unspecified atom stereocenters. The van der Waals surface area contributed by atoms with Crippen molar-refractivity contribution in [3.8, 4) is 0 Å². The largest absolute Gasteiger partial charge is 0.394 e. The molecule has 0 amide bonds. The third-order valence-electron chi connectivity index (χ3n) is 2.22. The summed E-state index contributed by atoms with van der Waals surface area (Å²) in [7, 11) is 1.58. The highest BCUT2D eigenvalue weighted by atomic mass is 19.1. The first kappa shape index (κ1) is 12.8. The van der Waals surface area contributed by atoms with Crippen molar-refractivity contribution in [2.75, 3.05) is 19.3 Å². The number of aliphatic hydroxyl groups is 2. The van der Waals surface area contributed by atoms with Crippen LogP contribution in [-0.2, 0) is 0 Å². The zero-order chi connectivity index (χ0) is 12.3. The molecule has 0 heterocycles. The third-order valence-corrected chi connectivity index (χ3v) is 2.22. The summed E-state index contributed by atoms with van der Waals surface area (Å²) in [5, 5.41) is 21.7. The van der Waals surface area contributed by atoms with E-state index in [4.69, 9.17) is 5.73 Å². The van der Waals surface area contributed by atoms with Crippen LogP contribution in [0.2, 0.25) is 0 Å². The lowest BCUT2D eigenvalue weighted by Gasteiger charge is -2.18. The van der Waals surface area contributed by atoms with E-state index in [1.807, 2.05) is 0 Å². The van der Waals surface area contributed by atoms with Crippen LogP contribution >= 0.6 is 0 Å². The average Bonchev–Trinajstić information content (AvgIpc) is 2.24. The zero-order valence-electron chi connectivity index (χ0n) is 8.74. The quantitative estimate of drug-likeness (QED) is 0.558. The minimum atomic E-state index is -1.36. The van der Waals surface area contributed by atoms with Crippen LogP contribution in [0.5, 0.6) is 0 Å². The summed E-state index contributed by atoms with van der Waals surface area (Å²) in [5.41, 5.74) is 4.43. The molecule has 1 aromatic rings. The maximum absolute atomic E-state index is 13.1. The maximum Gasteiger partial charge on any atom is 0.149 e. The number of hydrogen-bond acceptors (Lipinski definition) is 4. The van der Waals surface area contributed by atoms with Gasteiger partial charge in [0, 0.05) is 6.54 Å². The van der Waals surface area contributed by atoms with E-state index in [0.29, 0.717) is 0 Å². The van der Waals surface area contributed by atoms with Gasteiger partial charge in [-0.2, -0.15) is 0 Å². The Morgan fingerprint density at radius 3 is 2.25 bits per heavy atom. The van der Waals surface area contributed by atoms with Gasteiger partial charge in [0.15, 0.2) is 0 Å². The number of rotatable bonds is 4. The number of likely N-dealkylation sites (N-methyl/N-ethyl adjacent to an activating group) is 1. The van der Waals surface area contributed by atoms with Gasteiger partial charge >= 0.3 is 0 Å². The van der Waals surface area contributed by atoms with Crippen molar-refractivity contribution >= 4 is 5.69 Å². The molecule has 0 aliphatic rings. The molecule has 0 aliphatic heterocycles. The van der Waals surface area contributed by atoms with E-state index in [0.717, 1.165) is 12.1 Å². The van der Waals surface area contributed by atoms with E-state index in [-0.39, 0.29) is 12.1 Å². The summed E-state index contributed by atoms with van der Waals surface area (Å²) in [6, 6.07) is 1.81. The van der Waals surface area contributed by atoms with Crippen molar-refractivity contribution < 1.29 is 19.0 Å². The number of nitrogen functional groups attached to an aromatic ring is 1. The molecule has 0 saturated heterocycles. The van der Waals surface area contributed by atoms with E-state index in [9.17, 15) is 19.0 Å². The molecule has 5 N–H and O–H groups in total. The number of hydrogen-bond donors (Lipinski definition) is 4. The third kappa shape index (κ3) is 2.66. The number of nitrogens with two attached hydrogens (primary N) is 1. The summed E-state index contributed by atoms with van der Waals surface area (Å²) < 4.78 is 26.2. The lowest BCUT2D eigenvalue weighted by atomic mass is 10.0. The molecule has 0 aliphatic carbocycles. The predicted octanol–water partition coefficient (Wildman–Crippen LogP) is 0.161. The monoisotopic (exact) mass is 232 g/mol. The van der Waals surface area contributed by atoms with Gasteiger partial charge in [0.1, 0.15) is 23.4 Å². The fourth-order valence-corrected chi connectivity index (χ4v) is 1.32. The van der Waals surface area contributed by atoms with Crippen molar-refractivity contribution in [3.63, 3.8) is 0 Å². The first-order valence-corrected chi connectivity index (χ1v) is 4.72. The summed E-state index contributed by atoms with van der Waals surface area (Å²) in [6.45, 7) is 0.106. The summed E-state index contributed by atoms with van der Waals surface area (Å²) in [4.78, 5) is 0. The highest BCUT2D eigenvalue weighted by Crippen LogP contribution is 2.23. The molecule has 1 aromatic carbocycles. The number of anilines is 1. The Labute approximate surface area is 91.7 Å². The molecule has 90 valence electrons. The Morgan fingerprint density at radius 1 is 1.31 bits per heavy atom. The smallest absolute Gasteiger partial charge is 0.149 e. The van der Waals surface area contributed by atoms with Crippen LogP contribution in [0.15, 0.2) is 12.1 Å². The standard InChI is InChI=1S/C10H14F2N2O2/c1-14-4-8(15)10(16)5-2-6(11)9(13)7(12)3-5/h2-3,8,10,14-16H,4,13H2,1H3. The minimum Gasteiger partial charge on any atom is -0.394 e. The van der Waals surface area contributed by atoms with Crippen LogP contribution in [0.1, 0.15) is 11.7 Å². The van der Waals surface area contributed by atoms with Gasteiger partial charge in [-0.1, -0.05) is 0 Å². The first-order valence-electron chi connectivity index (χ1n) is 4.72. The summed E-state index contributed by atoms with van der Waals surface area (Å²) in [6.07, 6.45) is -2.51. The SMILES string of the molecule is CNCC(O)C(O)c1cc(F)c(N)c(F)c1. The zero-order valence-corrected chi connectivity index (χ0v) is 8.74. The fourth-order valence-electron chi connectivity index (χ4n) is 1.32. The van der Waals surface area contributed by atoms with Crippen molar-refractivity contribution in [2.45, 2.75) is 12.2 Å². The number of aliphatic hydroxyl groups excluding tert-OH is 2. The van der Waals surface area contributed by atoms with Crippen LogP contribution in [0.25, 0.3) is 0 Å². The molecule has 0 spiro atoms. The first-order chi connectivity index (χ1) is 7.47. The van der Waals surface area contributed by atoms with Crippen LogP contribution < -0.4 is 11.1 Å². The van der Waals surface area contributed by atoms with Crippen molar-refractivity contribution in [3.05, 3.63) is 29.3 Å². The van der Waals surface area contributed by atoms with Gasteiger partial charge in [-0.05, 0) is 24.7 Å². The normalized spacial score (nSPS) is 14.8. The molecule has 0 fully saturated rings. The molecule has 0 bridgehead atoms. The van der Waals surface area contributed by atoms with Gasteiger partial charge in [-0.25, -0.2) is 8.78 Å². The Kier molecular flexibility index (Phi) is 4.17. The van der Waals surface area contributed by atoms with Crippen LogP contribution in [0, 0.1) is 11.6 Å². The summed E-state index contributed by atoms with van der Waals surface area (Å²) >= 11 is 0. The molecular formula is C10H14F2N2O2. The molecular weight excluding hydrogens is 218 g/mol. The molecule has 2 atom stereocenters. The van der Waals surface area contributed by atoms with Gasteiger partial charge in [0.2, 0.25) is 0 Å². The van der Waals surface area contributed by atoms with E-state index < -0.39 is 29.5 Å². The van der Waals surface area contributed by atoms with Crippen LogP contribution in [0.3, 0.4) is 0 Å². The van der Waals surface area contributed by atoms with Crippen LogP contribution in [-0.4, -0.2) is 29.9 Å². The molecule has 0 saturated carbocycles. The molecule has 4 nitrogen and oxygen atoms in total. The van der Waals surface area contributed by atoms with E-state index in [2.05, 4.69) is 5.32 Å². The molecule has 0 radical (unpaired) electrons. The predicted molar refractivity (Wildman–Crippen MR) is 55.7 cm³/mol. The molecule has 0 aromatic heterocycles. The highest BCUT2D eigenvalue weighted by molar-refractivity contribution is 5.43. The summed E-state index contributed by atoms with van der Waals surface area (Å²) in [5.74, 6) is -1.91. The van der Waals surface area contributed by atoms with Crippen molar-refractivity contribution in [2.24, 2.45) is 0 Å². The molecule has 16 heavy (non-hydrogen) atoms. The Bertz CT molecular complexity index is 351. The lowest BCUT2D eigenvalue weighted by molar-refractivity contribution is 0.0199. The van der Waals surface area contributed by atoms with Gasteiger partial charge in [-0.3, -0.25) is 0 Å². The van der Waals surface area contributed by atoms with Crippen molar-refractivity contribution in [1.29, 1.82) is 0 Å². The topological polar surface area (TPSA) is 78.5 Å². The molecule has 6 heteroatoms.